The lowest BCUT2D eigenvalue weighted by Crippen LogP contribution is -2.28. The minimum Gasteiger partial charge on any atom is -0.245 e. The molecule has 0 saturated carbocycles. The van der Waals surface area contributed by atoms with E-state index < -0.39 is 5.41 Å². The van der Waals surface area contributed by atoms with Crippen LogP contribution in [0.1, 0.15) is 33.4 Å². The molecular formula is C52H36N2. The van der Waals surface area contributed by atoms with Gasteiger partial charge in [0.15, 0.2) is 5.84 Å². The van der Waals surface area contributed by atoms with Crippen LogP contribution >= 0.6 is 0 Å². The van der Waals surface area contributed by atoms with Crippen molar-refractivity contribution in [1.82, 2.24) is 0 Å². The molecule has 8 aromatic rings. The van der Waals surface area contributed by atoms with E-state index in [2.05, 4.69) is 200 Å². The maximum atomic E-state index is 5.54. The highest BCUT2D eigenvalue weighted by atomic mass is 14.9. The number of fused-ring (bicyclic) bond motifs is 8. The number of allylic oxidation sites excluding steroid dienone is 1. The number of nitrogens with zero attached hydrogens (tertiary/aromatic N) is 2. The van der Waals surface area contributed by atoms with Gasteiger partial charge in [-0.25, -0.2) is 9.98 Å². The predicted molar refractivity (Wildman–Crippen MR) is 226 cm³/mol. The van der Waals surface area contributed by atoms with Gasteiger partial charge >= 0.3 is 0 Å². The highest BCUT2D eigenvalue weighted by Gasteiger charge is 2.53. The Labute approximate surface area is 316 Å². The van der Waals surface area contributed by atoms with Crippen LogP contribution in [0.2, 0.25) is 0 Å². The molecule has 254 valence electrons. The minimum absolute atomic E-state index is 0.512. The third kappa shape index (κ3) is 4.95. The first-order chi connectivity index (χ1) is 26.7. The summed E-state index contributed by atoms with van der Waals surface area (Å²) in [6.45, 7) is 4.06. The highest BCUT2D eigenvalue weighted by molar-refractivity contribution is 6.06. The minimum atomic E-state index is -0.512. The van der Waals surface area contributed by atoms with E-state index in [-0.39, 0.29) is 0 Å². The van der Waals surface area contributed by atoms with Crippen LogP contribution in [0.25, 0.3) is 49.9 Å². The summed E-state index contributed by atoms with van der Waals surface area (Å²) in [5.74, 6) is 0.609. The van der Waals surface area contributed by atoms with E-state index >= 15 is 0 Å². The lowest BCUT2D eigenvalue weighted by atomic mass is 9.68. The van der Waals surface area contributed by atoms with Gasteiger partial charge in [-0.15, -0.1) is 0 Å². The van der Waals surface area contributed by atoms with Crippen molar-refractivity contribution in [1.29, 1.82) is 0 Å². The van der Waals surface area contributed by atoms with Gasteiger partial charge in [0, 0.05) is 11.1 Å². The van der Waals surface area contributed by atoms with Crippen molar-refractivity contribution in [2.45, 2.75) is 11.8 Å². The fourth-order valence-corrected chi connectivity index (χ4v) is 8.95. The van der Waals surface area contributed by atoms with Crippen molar-refractivity contribution < 1.29 is 0 Å². The topological polar surface area (TPSA) is 24.7 Å². The second-order valence-corrected chi connectivity index (χ2v) is 14.1. The Kier molecular flexibility index (Phi) is 7.63. The molecule has 0 aromatic heterocycles. The Morgan fingerprint density at radius 1 is 0.444 bits per heavy atom. The molecule has 54 heavy (non-hydrogen) atoms. The number of hydrogen-bond acceptors (Lipinski definition) is 1. The van der Waals surface area contributed by atoms with E-state index in [4.69, 9.17) is 4.99 Å². The molecule has 0 bridgehead atoms. The summed E-state index contributed by atoms with van der Waals surface area (Å²) in [5, 5.41) is 2.50. The lowest BCUT2D eigenvalue weighted by Gasteiger charge is -2.33. The average Bonchev–Trinajstić information content (AvgIpc) is 3.70. The first-order valence-corrected chi connectivity index (χ1v) is 18.6. The molecule has 0 saturated heterocycles. The zero-order valence-corrected chi connectivity index (χ0v) is 29.8. The molecule has 2 aliphatic carbocycles. The Bertz CT molecular complexity index is 2740. The molecule has 0 aliphatic heterocycles. The second-order valence-electron chi connectivity index (χ2n) is 14.1. The van der Waals surface area contributed by atoms with Crippen LogP contribution in [0, 0.1) is 0 Å². The van der Waals surface area contributed by atoms with Crippen molar-refractivity contribution in [3.05, 3.63) is 233 Å². The SMILES string of the molecule is C=N/C(=N\C1=C(Cc2cccc3ccccc23)C2(c3ccccc31)c1ccccc1-c1ccccc12)c1ccc(-c2ccc(-c3ccccc3)cc2)cc1. The van der Waals surface area contributed by atoms with Crippen molar-refractivity contribution in [2.75, 3.05) is 0 Å². The molecule has 0 atom stereocenters. The molecule has 1 spiro atoms. The summed E-state index contributed by atoms with van der Waals surface area (Å²) in [6.07, 6.45) is 0.722. The van der Waals surface area contributed by atoms with E-state index in [0.29, 0.717) is 5.84 Å². The van der Waals surface area contributed by atoms with Gasteiger partial charge in [0.25, 0.3) is 0 Å². The van der Waals surface area contributed by atoms with Gasteiger partial charge in [-0.2, -0.15) is 0 Å². The van der Waals surface area contributed by atoms with Crippen LogP contribution in [-0.2, 0) is 11.8 Å². The van der Waals surface area contributed by atoms with Crippen LogP contribution in [0.15, 0.2) is 210 Å². The standard InChI is InChI=1S/C52H36N2/c1-53-51(40-32-30-38(31-33-40)37-28-26-36(27-29-37)35-14-3-2-4-15-35)54-50-45-22-9-12-25-48(45)52(46-23-10-7-20-43(46)44-21-8-11-24-47(44)52)49(50)34-41-18-13-17-39-16-5-6-19-42(39)41/h2-33H,1,34H2/b54-51-. The number of aliphatic imine (C=N–C) groups is 2. The van der Waals surface area contributed by atoms with E-state index in [1.165, 1.54) is 60.9 Å². The maximum Gasteiger partial charge on any atom is 0.159 e. The summed E-state index contributed by atoms with van der Waals surface area (Å²) in [5.41, 5.74) is 16.2. The molecule has 8 aromatic carbocycles. The summed E-state index contributed by atoms with van der Waals surface area (Å²) >= 11 is 0. The summed E-state index contributed by atoms with van der Waals surface area (Å²) in [4.78, 5) is 10.1. The van der Waals surface area contributed by atoms with Crippen LogP contribution in [0.5, 0.6) is 0 Å². The number of rotatable bonds is 6. The quantitative estimate of drug-likeness (QED) is 0.123. The van der Waals surface area contributed by atoms with E-state index in [1.54, 1.807) is 0 Å². The Morgan fingerprint density at radius 3 is 1.56 bits per heavy atom. The number of hydrogen-bond donors (Lipinski definition) is 0. The Balaban J connectivity index is 1.15. The van der Waals surface area contributed by atoms with Crippen LogP contribution < -0.4 is 0 Å². The smallest absolute Gasteiger partial charge is 0.159 e. The third-order valence-electron chi connectivity index (χ3n) is 11.4. The Morgan fingerprint density at radius 2 is 0.926 bits per heavy atom. The average molecular weight is 689 g/mol. The first-order valence-electron chi connectivity index (χ1n) is 18.6. The van der Waals surface area contributed by atoms with Gasteiger partial charge < -0.3 is 0 Å². The molecule has 10 rings (SSSR count). The summed E-state index contributed by atoms with van der Waals surface area (Å²) < 4.78 is 0. The molecular weight excluding hydrogens is 653 g/mol. The Hall–Kier alpha value is -6.90. The van der Waals surface area contributed by atoms with Gasteiger partial charge in [-0.1, -0.05) is 194 Å². The fourth-order valence-electron chi connectivity index (χ4n) is 8.95. The van der Waals surface area contributed by atoms with E-state index in [0.717, 1.165) is 34.4 Å². The fraction of sp³-hybridized carbons (Fsp3) is 0.0385. The normalized spacial score (nSPS) is 13.9. The molecule has 2 nitrogen and oxygen atoms in total. The van der Waals surface area contributed by atoms with Crippen molar-refractivity contribution in [3.8, 4) is 33.4 Å². The molecule has 0 N–H and O–H groups in total. The maximum absolute atomic E-state index is 5.54. The van der Waals surface area contributed by atoms with Crippen molar-refractivity contribution in [3.63, 3.8) is 0 Å². The largest absolute Gasteiger partial charge is 0.245 e. The van der Waals surface area contributed by atoms with E-state index in [9.17, 15) is 0 Å². The molecule has 0 amide bonds. The third-order valence-corrected chi connectivity index (χ3v) is 11.4. The summed E-state index contributed by atoms with van der Waals surface area (Å²) in [6, 6.07) is 69.9. The predicted octanol–water partition coefficient (Wildman–Crippen LogP) is 12.6. The molecule has 0 unspecified atom stereocenters. The van der Waals surface area contributed by atoms with Gasteiger partial charge in [0.1, 0.15) is 0 Å². The lowest BCUT2D eigenvalue weighted by molar-refractivity contribution is 0.741. The van der Waals surface area contributed by atoms with E-state index in [1.807, 2.05) is 6.07 Å². The molecule has 2 heteroatoms. The highest BCUT2D eigenvalue weighted by Crippen LogP contribution is 2.62. The van der Waals surface area contributed by atoms with Crippen LogP contribution in [-0.4, -0.2) is 12.6 Å². The summed E-state index contributed by atoms with van der Waals surface area (Å²) in [7, 11) is 0. The van der Waals surface area contributed by atoms with Crippen LogP contribution in [0.3, 0.4) is 0 Å². The number of benzene rings is 8. The van der Waals surface area contributed by atoms with Gasteiger partial charge in [0.05, 0.1) is 11.1 Å². The zero-order valence-electron chi connectivity index (χ0n) is 29.8. The molecule has 0 heterocycles. The van der Waals surface area contributed by atoms with Gasteiger partial charge in [0.2, 0.25) is 0 Å². The van der Waals surface area contributed by atoms with Crippen molar-refractivity contribution >= 4 is 29.0 Å². The monoisotopic (exact) mass is 688 g/mol. The van der Waals surface area contributed by atoms with Gasteiger partial charge in [-0.3, -0.25) is 0 Å². The van der Waals surface area contributed by atoms with Crippen LogP contribution in [0.4, 0.5) is 0 Å². The zero-order chi connectivity index (χ0) is 36.1. The second kappa shape index (κ2) is 12.9. The molecule has 0 radical (unpaired) electrons. The molecule has 0 fully saturated rings. The first kappa shape index (κ1) is 31.8. The molecule has 2 aliphatic rings. The van der Waals surface area contributed by atoms with Crippen molar-refractivity contribution in [2.24, 2.45) is 9.98 Å². The van der Waals surface area contributed by atoms with Gasteiger partial charge in [-0.05, 0) is 85.1 Å². The number of amidine groups is 1.